The number of carbonyl (C=O) groups is 3. The molecule has 2 aliphatic heterocycles. The number of carboxylic acids is 1. The van der Waals surface area contributed by atoms with Crippen LogP contribution in [0.4, 0.5) is 5.69 Å². The zero-order valence-corrected chi connectivity index (χ0v) is 24.5. The Balaban J connectivity index is 2.14. The second-order valence-corrected chi connectivity index (χ2v) is 12.1. The van der Waals surface area contributed by atoms with E-state index >= 15 is 0 Å². The van der Waals surface area contributed by atoms with Gasteiger partial charge in [0, 0.05) is 42.1 Å². The van der Waals surface area contributed by atoms with Gasteiger partial charge in [0.05, 0.1) is 26.7 Å². The molecule has 4 atom stereocenters. The van der Waals surface area contributed by atoms with Gasteiger partial charge < -0.3 is 24.6 Å². The van der Waals surface area contributed by atoms with Crippen molar-refractivity contribution in [1.82, 2.24) is 9.80 Å². The Kier molecular flexibility index (Phi) is 8.13. The number of quaternary nitrogens is 1. The number of hydrogen-bond donors (Lipinski definition) is 2. The molecule has 1 amide bonds. The standard InChI is InChI=1S/C31H40N2O7/c1-19-11-12-24-22(15-19)27(21-9-8-10-25(38-6)28(21)39-7)40-17-26(35)33(24,18-30(3,4)5)31(29(36)37)13-14-32-16-23(31)20(2)34/h8-12,15,23,27,32H,13-14,16-18H2,1-7H3/p+1/t23-,27?,31+,33+/m1/s1. The van der Waals surface area contributed by atoms with Crippen molar-refractivity contribution in [3.8, 4) is 11.5 Å². The van der Waals surface area contributed by atoms with Crippen molar-refractivity contribution in [3.05, 3.63) is 53.1 Å². The summed E-state index contributed by atoms with van der Waals surface area (Å²) >= 11 is 0. The summed E-state index contributed by atoms with van der Waals surface area (Å²) in [5.74, 6) is -1.75. The second-order valence-electron chi connectivity index (χ2n) is 12.1. The van der Waals surface area contributed by atoms with Crippen LogP contribution in [0.2, 0.25) is 0 Å². The summed E-state index contributed by atoms with van der Waals surface area (Å²) in [7, 11) is 3.10. The van der Waals surface area contributed by atoms with Crippen molar-refractivity contribution in [3.63, 3.8) is 0 Å². The molecule has 1 unspecified atom stereocenters. The van der Waals surface area contributed by atoms with Crippen molar-refractivity contribution in [2.75, 3.05) is 40.5 Å². The first-order valence-corrected chi connectivity index (χ1v) is 13.6. The third kappa shape index (κ3) is 4.70. The van der Waals surface area contributed by atoms with Crippen LogP contribution in [0, 0.1) is 18.3 Å². The summed E-state index contributed by atoms with van der Waals surface area (Å²) < 4.78 is 17.2. The molecule has 0 aromatic heterocycles. The highest BCUT2D eigenvalue weighted by atomic mass is 16.5. The Morgan fingerprint density at radius 3 is 2.48 bits per heavy atom. The molecule has 2 N–H and O–H groups in total. The molecule has 1 saturated heterocycles. The lowest BCUT2D eigenvalue weighted by molar-refractivity contribution is -0.170. The Hall–Kier alpha value is -3.27. The van der Waals surface area contributed by atoms with E-state index in [4.69, 9.17) is 14.2 Å². The van der Waals surface area contributed by atoms with Crippen LogP contribution in [0.1, 0.15) is 56.9 Å². The maximum Gasteiger partial charge on any atom is 0.367 e. The van der Waals surface area contributed by atoms with Gasteiger partial charge in [-0.2, -0.15) is 0 Å². The van der Waals surface area contributed by atoms with E-state index in [9.17, 15) is 19.5 Å². The molecule has 40 heavy (non-hydrogen) atoms. The van der Waals surface area contributed by atoms with Crippen LogP contribution in [-0.4, -0.2) is 68.8 Å². The van der Waals surface area contributed by atoms with Gasteiger partial charge in [0.15, 0.2) is 18.1 Å². The number of ether oxygens (including phenoxy) is 3. The minimum absolute atomic E-state index is 0.106. The topological polar surface area (TPSA) is 111 Å². The second kappa shape index (κ2) is 11.0. The Labute approximate surface area is 236 Å². The molecule has 0 bridgehead atoms. The van der Waals surface area contributed by atoms with Gasteiger partial charge in [-0.3, -0.25) is 4.79 Å². The third-order valence-corrected chi connectivity index (χ3v) is 8.25. The van der Waals surface area contributed by atoms with Gasteiger partial charge in [0.25, 0.3) is 0 Å². The minimum Gasteiger partial charge on any atom is -0.493 e. The molecule has 0 radical (unpaired) electrons. The average Bonchev–Trinajstić information content (AvgIpc) is 3.01. The monoisotopic (exact) mass is 553 g/mol. The summed E-state index contributed by atoms with van der Waals surface area (Å²) in [6.45, 7) is 9.69. The van der Waals surface area contributed by atoms with Crippen LogP contribution < -0.4 is 19.3 Å². The van der Waals surface area contributed by atoms with E-state index in [-0.39, 0.29) is 37.8 Å². The van der Waals surface area contributed by atoms with E-state index in [0.29, 0.717) is 34.9 Å². The van der Waals surface area contributed by atoms with E-state index in [2.05, 4.69) is 5.32 Å². The number of nitrogens with zero attached hydrogens (tertiary/aromatic N) is 1. The molecular weight excluding hydrogens is 512 g/mol. The Bertz CT molecular complexity index is 1320. The lowest BCUT2D eigenvalue weighted by Crippen LogP contribution is -2.80. The summed E-state index contributed by atoms with van der Waals surface area (Å²) in [5.41, 5.74) is 0.573. The number of amides is 1. The number of aryl methyl sites for hydroxylation is 1. The van der Waals surface area contributed by atoms with Crippen LogP contribution in [0.5, 0.6) is 11.5 Å². The number of rotatable bonds is 7. The molecular formula is C31H41N2O7+. The highest BCUT2D eigenvalue weighted by Gasteiger charge is 2.70. The van der Waals surface area contributed by atoms with Crippen LogP contribution in [0.3, 0.4) is 0 Å². The van der Waals surface area contributed by atoms with Gasteiger partial charge in [-0.15, -0.1) is 0 Å². The normalized spacial score (nSPS) is 26.9. The molecule has 9 heteroatoms. The summed E-state index contributed by atoms with van der Waals surface area (Å²) in [6.07, 6.45) is -0.637. The number of nitrogens with one attached hydrogen (secondary N) is 1. The predicted octanol–water partition coefficient (Wildman–Crippen LogP) is 4.03. The highest BCUT2D eigenvalue weighted by Crippen LogP contribution is 2.52. The molecule has 2 aromatic rings. The lowest BCUT2D eigenvalue weighted by Gasteiger charge is -2.54. The molecule has 2 heterocycles. The molecule has 0 saturated carbocycles. The molecule has 2 aromatic carbocycles. The number of carboxylic acid groups (broad SMARTS) is 1. The smallest absolute Gasteiger partial charge is 0.367 e. The number of benzene rings is 2. The largest absolute Gasteiger partial charge is 0.493 e. The fourth-order valence-corrected chi connectivity index (χ4v) is 6.78. The number of hydrogen-bond acceptors (Lipinski definition) is 7. The predicted molar refractivity (Wildman–Crippen MR) is 152 cm³/mol. The Morgan fingerprint density at radius 1 is 1.15 bits per heavy atom. The zero-order valence-electron chi connectivity index (χ0n) is 24.5. The summed E-state index contributed by atoms with van der Waals surface area (Å²) in [6, 6.07) is 11.2. The third-order valence-electron chi connectivity index (χ3n) is 8.25. The first-order valence-electron chi connectivity index (χ1n) is 13.6. The average molecular weight is 554 g/mol. The van der Waals surface area contributed by atoms with E-state index in [1.807, 2.05) is 58.0 Å². The molecule has 2 aliphatic rings. The fourth-order valence-electron chi connectivity index (χ4n) is 6.78. The number of aliphatic carboxylic acids is 1. The number of methoxy groups -OCH3 is 2. The summed E-state index contributed by atoms with van der Waals surface area (Å²) in [4.78, 5) is 41.5. The van der Waals surface area contributed by atoms with Crippen molar-refractivity contribution < 1.29 is 33.7 Å². The van der Waals surface area contributed by atoms with Crippen molar-refractivity contribution in [1.29, 1.82) is 0 Å². The van der Waals surface area contributed by atoms with Gasteiger partial charge in [0.1, 0.15) is 17.6 Å². The first kappa shape index (κ1) is 29.7. The van der Waals surface area contributed by atoms with Gasteiger partial charge in [-0.25, -0.2) is 14.1 Å². The quantitative estimate of drug-likeness (QED) is 0.495. The van der Waals surface area contributed by atoms with E-state index in [1.165, 1.54) is 6.92 Å². The van der Waals surface area contributed by atoms with E-state index in [1.54, 1.807) is 20.3 Å². The van der Waals surface area contributed by atoms with Gasteiger partial charge >= 0.3 is 11.9 Å². The van der Waals surface area contributed by atoms with E-state index < -0.39 is 33.4 Å². The Morgan fingerprint density at radius 2 is 1.88 bits per heavy atom. The van der Waals surface area contributed by atoms with Crippen LogP contribution >= 0.6 is 0 Å². The van der Waals surface area contributed by atoms with Crippen LogP contribution in [0.25, 0.3) is 0 Å². The van der Waals surface area contributed by atoms with Gasteiger partial charge in [-0.05, 0) is 26.0 Å². The fraction of sp³-hybridized carbons (Fsp3) is 0.516. The molecule has 0 aliphatic carbocycles. The molecule has 1 fully saturated rings. The maximum atomic E-state index is 14.7. The van der Waals surface area contributed by atoms with Gasteiger partial charge in [-0.1, -0.05) is 44.5 Å². The lowest BCUT2D eigenvalue weighted by atomic mass is 9.70. The number of fused-ring (bicyclic) bond motifs is 1. The zero-order chi connectivity index (χ0) is 29.5. The van der Waals surface area contributed by atoms with Crippen molar-refractivity contribution in [2.45, 2.75) is 52.7 Å². The summed E-state index contributed by atoms with van der Waals surface area (Å²) in [5, 5.41) is 14.3. The van der Waals surface area contributed by atoms with Crippen LogP contribution in [0.15, 0.2) is 36.4 Å². The number of para-hydroxylation sites is 1. The SMILES string of the molecule is COc1cccc(C2OCC(=O)[N@@+](CC(C)(C)C)([C@@]3(C(=O)O)CCNC[C@@H]3C(C)=O)c3ccc(C)cc32)c1OC. The number of Topliss-reactive ketones (excluding diaryl/α,β-unsaturated/α-hetero) is 1. The van der Waals surface area contributed by atoms with Crippen LogP contribution in [-0.2, 0) is 19.1 Å². The van der Waals surface area contributed by atoms with Gasteiger partial charge in [0.2, 0.25) is 5.54 Å². The maximum absolute atomic E-state index is 14.7. The minimum atomic E-state index is -1.73. The molecule has 0 spiro atoms. The van der Waals surface area contributed by atoms with Crippen molar-refractivity contribution in [2.24, 2.45) is 11.3 Å². The first-order chi connectivity index (χ1) is 18.8. The number of piperidine rings is 1. The highest BCUT2D eigenvalue weighted by molar-refractivity contribution is 6.02. The molecule has 216 valence electrons. The number of ketones is 1. The van der Waals surface area contributed by atoms with E-state index in [0.717, 1.165) is 5.56 Å². The van der Waals surface area contributed by atoms with Crippen molar-refractivity contribution >= 4 is 23.3 Å². The molecule has 9 nitrogen and oxygen atoms in total. The number of carbonyl (C=O) groups excluding carboxylic acids is 2. The molecule has 4 rings (SSSR count).